The maximum absolute atomic E-state index is 3.80. The molecule has 0 aromatic heterocycles. The predicted molar refractivity (Wildman–Crippen MR) is 144 cm³/mol. The second-order valence-electron chi connectivity index (χ2n) is 10.4. The third-order valence-electron chi connectivity index (χ3n) is 7.36. The molecule has 2 nitrogen and oxygen atoms in total. The highest BCUT2D eigenvalue weighted by atomic mass is 15.2. The van der Waals surface area contributed by atoms with Crippen molar-refractivity contribution in [1.29, 1.82) is 0 Å². The van der Waals surface area contributed by atoms with Gasteiger partial charge in [-0.1, -0.05) is 115 Å². The summed E-state index contributed by atoms with van der Waals surface area (Å²) in [5.41, 5.74) is 3.86. The monoisotopic (exact) mass is 436 g/mol. The Labute approximate surface area is 198 Å². The molecule has 3 rings (SSSR count). The van der Waals surface area contributed by atoms with Gasteiger partial charge in [0.2, 0.25) is 0 Å². The average Bonchev–Trinajstić information content (AvgIpc) is 2.78. The van der Waals surface area contributed by atoms with E-state index in [0.29, 0.717) is 0 Å². The molecule has 2 heteroatoms. The summed E-state index contributed by atoms with van der Waals surface area (Å²) in [6.45, 7) is 6.82. The second kappa shape index (κ2) is 13.1. The van der Waals surface area contributed by atoms with Crippen LogP contribution < -0.4 is 10.6 Å². The van der Waals surface area contributed by atoms with Crippen molar-refractivity contribution in [2.75, 3.05) is 10.6 Å². The molecule has 1 heterocycles. The fourth-order valence-corrected chi connectivity index (χ4v) is 5.36. The van der Waals surface area contributed by atoms with Crippen LogP contribution in [0.1, 0.15) is 122 Å². The van der Waals surface area contributed by atoms with Crippen molar-refractivity contribution in [2.45, 2.75) is 129 Å². The minimum absolute atomic E-state index is 0.0485. The normalized spacial score (nSPS) is 17.3. The number of benzene rings is 2. The van der Waals surface area contributed by atoms with Gasteiger partial charge in [0.05, 0.1) is 0 Å². The minimum Gasteiger partial charge on any atom is -0.363 e. The molecule has 1 unspecified atom stereocenters. The van der Waals surface area contributed by atoms with Gasteiger partial charge in [-0.25, -0.2) is 0 Å². The molecule has 0 bridgehead atoms. The SMILES string of the molecule is CCCCCCCCCCCCCCCCCC1(C)Nc2cccc3c(C)ccc(c23)N1. The topological polar surface area (TPSA) is 24.1 Å². The zero-order valence-electron chi connectivity index (χ0n) is 21.2. The fourth-order valence-electron chi connectivity index (χ4n) is 5.36. The lowest BCUT2D eigenvalue weighted by atomic mass is 9.94. The lowest BCUT2D eigenvalue weighted by molar-refractivity contribution is 0.477. The van der Waals surface area contributed by atoms with Gasteiger partial charge in [0.15, 0.2) is 0 Å². The van der Waals surface area contributed by atoms with Crippen LogP contribution >= 0.6 is 0 Å². The Hall–Kier alpha value is -1.70. The summed E-state index contributed by atoms with van der Waals surface area (Å²) >= 11 is 0. The first-order valence-electron chi connectivity index (χ1n) is 13.7. The van der Waals surface area contributed by atoms with Gasteiger partial charge in [0.1, 0.15) is 5.66 Å². The van der Waals surface area contributed by atoms with Crippen molar-refractivity contribution < 1.29 is 0 Å². The zero-order valence-corrected chi connectivity index (χ0v) is 21.2. The van der Waals surface area contributed by atoms with Crippen molar-refractivity contribution in [3.05, 3.63) is 35.9 Å². The third kappa shape index (κ3) is 7.42. The first kappa shape index (κ1) is 24.9. The third-order valence-corrected chi connectivity index (χ3v) is 7.36. The molecule has 0 saturated heterocycles. The molecule has 1 aliphatic rings. The molecule has 178 valence electrons. The molecule has 0 amide bonds. The van der Waals surface area contributed by atoms with Crippen LogP contribution in [0.5, 0.6) is 0 Å². The van der Waals surface area contributed by atoms with Gasteiger partial charge in [0.25, 0.3) is 0 Å². The van der Waals surface area contributed by atoms with Crippen LogP contribution in [0.15, 0.2) is 30.3 Å². The first-order chi connectivity index (χ1) is 15.6. The van der Waals surface area contributed by atoms with Crippen molar-refractivity contribution in [1.82, 2.24) is 0 Å². The molecule has 2 aromatic carbocycles. The molecule has 0 fully saturated rings. The maximum atomic E-state index is 3.80. The maximum Gasteiger partial charge on any atom is 0.105 e. The second-order valence-corrected chi connectivity index (χ2v) is 10.4. The standard InChI is InChI=1S/C30H48N2/c1-4-5-6-7-8-9-10-11-12-13-14-15-16-17-18-24-30(3)31-27-21-19-20-26-25(2)22-23-28(32-30)29(26)27/h19-23,31-32H,4-18,24H2,1-3H3. The number of aryl methyl sites for hydroxylation is 1. The Balaban J connectivity index is 1.24. The molecule has 0 saturated carbocycles. The van der Waals surface area contributed by atoms with Gasteiger partial charge >= 0.3 is 0 Å². The Morgan fingerprint density at radius 2 is 1.12 bits per heavy atom. The van der Waals surface area contributed by atoms with E-state index in [1.807, 2.05) is 0 Å². The molecule has 0 aliphatic carbocycles. The molecule has 32 heavy (non-hydrogen) atoms. The summed E-state index contributed by atoms with van der Waals surface area (Å²) in [6.07, 6.45) is 22.4. The number of hydrogen-bond donors (Lipinski definition) is 2. The van der Waals surface area contributed by atoms with Crippen LogP contribution in [0, 0.1) is 6.92 Å². The molecular weight excluding hydrogens is 388 g/mol. The Kier molecular flexibility index (Phi) is 10.2. The summed E-state index contributed by atoms with van der Waals surface area (Å²) in [6, 6.07) is 11.1. The number of unbranched alkanes of at least 4 members (excludes halogenated alkanes) is 14. The molecule has 2 aromatic rings. The summed E-state index contributed by atoms with van der Waals surface area (Å²) in [5.74, 6) is 0. The Bertz CT molecular complexity index is 798. The van der Waals surface area contributed by atoms with E-state index in [1.54, 1.807) is 0 Å². The van der Waals surface area contributed by atoms with Crippen molar-refractivity contribution in [3.63, 3.8) is 0 Å². The summed E-state index contributed by atoms with van der Waals surface area (Å²) in [5, 5.41) is 10.3. The fraction of sp³-hybridized carbons (Fsp3) is 0.667. The van der Waals surface area contributed by atoms with Crippen LogP contribution in [0.3, 0.4) is 0 Å². The lowest BCUT2D eigenvalue weighted by Crippen LogP contribution is -2.45. The van der Waals surface area contributed by atoms with E-state index in [0.717, 1.165) is 6.42 Å². The quantitative estimate of drug-likeness (QED) is 0.256. The van der Waals surface area contributed by atoms with Crippen molar-refractivity contribution >= 4 is 22.1 Å². The molecule has 1 atom stereocenters. The summed E-state index contributed by atoms with van der Waals surface area (Å²) in [7, 11) is 0. The first-order valence-corrected chi connectivity index (χ1v) is 13.7. The average molecular weight is 437 g/mol. The number of nitrogens with one attached hydrogen (secondary N) is 2. The van der Waals surface area contributed by atoms with Crippen LogP contribution in [0.2, 0.25) is 0 Å². The van der Waals surface area contributed by atoms with E-state index >= 15 is 0 Å². The van der Waals surface area contributed by atoms with E-state index in [9.17, 15) is 0 Å². The van der Waals surface area contributed by atoms with Crippen LogP contribution in [-0.4, -0.2) is 5.66 Å². The Morgan fingerprint density at radius 1 is 0.625 bits per heavy atom. The predicted octanol–water partition coefficient (Wildman–Crippen LogP) is 9.96. The van der Waals surface area contributed by atoms with Crippen molar-refractivity contribution in [2.24, 2.45) is 0 Å². The molecule has 0 spiro atoms. The summed E-state index contributed by atoms with van der Waals surface area (Å²) < 4.78 is 0. The molecule has 1 aliphatic heterocycles. The van der Waals surface area contributed by atoms with Gasteiger partial charge < -0.3 is 10.6 Å². The lowest BCUT2D eigenvalue weighted by Gasteiger charge is -2.39. The van der Waals surface area contributed by atoms with Crippen LogP contribution in [-0.2, 0) is 0 Å². The van der Waals surface area contributed by atoms with E-state index in [1.165, 1.54) is 124 Å². The zero-order chi connectivity index (χ0) is 22.7. The number of rotatable bonds is 16. The van der Waals surface area contributed by atoms with E-state index in [2.05, 4.69) is 61.7 Å². The number of hydrogen-bond acceptors (Lipinski definition) is 2. The molecular formula is C30H48N2. The van der Waals surface area contributed by atoms with Gasteiger partial charge in [-0.2, -0.15) is 0 Å². The van der Waals surface area contributed by atoms with Gasteiger partial charge in [-0.05, 0) is 49.8 Å². The highest BCUT2D eigenvalue weighted by Gasteiger charge is 2.29. The van der Waals surface area contributed by atoms with Gasteiger partial charge in [0, 0.05) is 16.8 Å². The molecule has 0 radical (unpaired) electrons. The van der Waals surface area contributed by atoms with E-state index < -0.39 is 0 Å². The van der Waals surface area contributed by atoms with E-state index in [-0.39, 0.29) is 5.66 Å². The van der Waals surface area contributed by atoms with Crippen molar-refractivity contribution in [3.8, 4) is 0 Å². The minimum atomic E-state index is -0.0485. The smallest absolute Gasteiger partial charge is 0.105 e. The largest absolute Gasteiger partial charge is 0.363 e. The van der Waals surface area contributed by atoms with Crippen LogP contribution in [0.25, 0.3) is 10.8 Å². The van der Waals surface area contributed by atoms with Gasteiger partial charge in [-0.15, -0.1) is 0 Å². The Morgan fingerprint density at radius 3 is 1.69 bits per heavy atom. The highest BCUT2D eigenvalue weighted by Crippen LogP contribution is 2.40. The van der Waals surface area contributed by atoms with Crippen LogP contribution in [0.4, 0.5) is 11.4 Å². The van der Waals surface area contributed by atoms with E-state index in [4.69, 9.17) is 0 Å². The highest BCUT2D eigenvalue weighted by molar-refractivity contribution is 6.06. The number of anilines is 2. The molecule has 2 N–H and O–H groups in total. The van der Waals surface area contributed by atoms with Gasteiger partial charge in [-0.3, -0.25) is 0 Å². The summed E-state index contributed by atoms with van der Waals surface area (Å²) in [4.78, 5) is 0.